The lowest BCUT2D eigenvalue weighted by Crippen LogP contribution is -2.51. The summed E-state index contributed by atoms with van der Waals surface area (Å²) in [4.78, 5) is 0. The van der Waals surface area contributed by atoms with E-state index in [-0.39, 0.29) is 5.54 Å². The smallest absolute Gasteiger partial charge is 0.129 e. The van der Waals surface area contributed by atoms with E-state index in [9.17, 15) is 5.11 Å². The summed E-state index contributed by atoms with van der Waals surface area (Å²) in [6.07, 6.45) is 4.85. The molecule has 1 heterocycles. The van der Waals surface area contributed by atoms with Gasteiger partial charge < -0.3 is 19.6 Å². The number of aliphatic hydroxyl groups excluding tert-OH is 1. The Balaban J connectivity index is 1.56. The van der Waals surface area contributed by atoms with E-state index in [0.717, 1.165) is 5.76 Å². The van der Waals surface area contributed by atoms with Crippen molar-refractivity contribution in [2.45, 2.75) is 44.4 Å². The number of aliphatic hydroxyl groups is 1. The zero-order valence-electron chi connectivity index (χ0n) is 10.3. The minimum Gasteiger partial charge on any atom is -0.467 e. The number of β-amino-alcohol motifs (C(OH)–C–C–N with tert-alkyl or cyclic N) is 1. The van der Waals surface area contributed by atoms with Gasteiger partial charge in [0.1, 0.15) is 12.4 Å². The number of rotatable bonds is 7. The summed E-state index contributed by atoms with van der Waals surface area (Å²) in [6.45, 7) is 3.55. The van der Waals surface area contributed by atoms with Gasteiger partial charge in [-0.3, -0.25) is 0 Å². The van der Waals surface area contributed by atoms with Gasteiger partial charge in [0.2, 0.25) is 0 Å². The number of nitrogens with one attached hydrogen (secondary N) is 1. The zero-order chi connectivity index (χ0) is 12.1. The molecule has 0 radical (unpaired) electrons. The number of ether oxygens (including phenoxy) is 1. The minimum atomic E-state index is -0.456. The summed E-state index contributed by atoms with van der Waals surface area (Å²) < 4.78 is 10.5. The van der Waals surface area contributed by atoms with Crippen LogP contribution in [0.3, 0.4) is 0 Å². The molecule has 2 rings (SSSR count). The van der Waals surface area contributed by atoms with Crippen molar-refractivity contribution in [2.75, 3.05) is 13.2 Å². The monoisotopic (exact) mass is 239 g/mol. The lowest BCUT2D eigenvalue weighted by Gasteiger charge is -2.40. The second kappa shape index (κ2) is 5.67. The molecule has 0 aromatic carbocycles. The van der Waals surface area contributed by atoms with Crippen LogP contribution in [0.25, 0.3) is 0 Å². The van der Waals surface area contributed by atoms with Crippen LogP contribution in [-0.2, 0) is 11.3 Å². The molecule has 1 aliphatic carbocycles. The van der Waals surface area contributed by atoms with Crippen molar-refractivity contribution in [1.29, 1.82) is 0 Å². The quantitative estimate of drug-likeness (QED) is 0.760. The predicted octanol–water partition coefficient (Wildman–Crippen LogP) is 1.69. The molecule has 17 heavy (non-hydrogen) atoms. The SMILES string of the molecule is CC1(NCC(O)COCc2ccco2)CCC1. The van der Waals surface area contributed by atoms with E-state index in [0.29, 0.717) is 19.8 Å². The molecule has 0 bridgehead atoms. The Morgan fingerprint density at radius 2 is 2.41 bits per heavy atom. The lowest BCUT2D eigenvalue weighted by atomic mass is 9.78. The summed E-state index contributed by atoms with van der Waals surface area (Å²) in [5.41, 5.74) is 0.238. The van der Waals surface area contributed by atoms with Crippen molar-refractivity contribution in [1.82, 2.24) is 5.32 Å². The van der Waals surface area contributed by atoms with E-state index in [1.807, 2.05) is 12.1 Å². The Bertz CT molecular complexity index is 319. The van der Waals surface area contributed by atoms with Crippen LogP contribution < -0.4 is 5.32 Å². The van der Waals surface area contributed by atoms with Crippen LogP contribution in [0.2, 0.25) is 0 Å². The van der Waals surface area contributed by atoms with Gasteiger partial charge in [0, 0.05) is 12.1 Å². The van der Waals surface area contributed by atoms with Gasteiger partial charge in [0.25, 0.3) is 0 Å². The van der Waals surface area contributed by atoms with Crippen LogP contribution in [0.1, 0.15) is 31.9 Å². The molecule has 1 saturated carbocycles. The van der Waals surface area contributed by atoms with Gasteiger partial charge in [-0.1, -0.05) is 0 Å². The Labute approximate surface area is 102 Å². The highest BCUT2D eigenvalue weighted by Gasteiger charge is 2.31. The Hall–Kier alpha value is -0.840. The molecule has 1 unspecified atom stereocenters. The van der Waals surface area contributed by atoms with Crippen molar-refractivity contribution in [3.63, 3.8) is 0 Å². The van der Waals surface area contributed by atoms with E-state index in [1.54, 1.807) is 6.26 Å². The summed E-state index contributed by atoms with van der Waals surface area (Å²) in [6, 6.07) is 3.69. The molecule has 0 aliphatic heterocycles. The molecule has 1 atom stereocenters. The predicted molar refractivity (Wildman–Crippen MR) is 64.6 cm³/mol. The molecule has 0 saturated heterocycles. The van der Waals surface area contributed by atoms with Gasteiger partial charge >= 0.3 is 0 Å². The molecule has 4 nitrogen and oxygen atoms in total. The van der Waals surface area contributed by atoms with Gasteiger partial charge in [0.15, 0.2) is 0 Å². The molecule has 4 heteroatoms. The maximum atomic E-state index is 9.74. The lowest BCUT2D eigenvalue weighted by molar-refractivity contribution is 0.0163. The average Bonchev–Trinajstić information content (AvgIpc) is 2.77. The second-order valence-corrected chi connectivity index (χ2v) is 5.04. The van der Waals surface area contributed by atoms with Crippen molar-refractivity contribution in [3.8, 4) is 0 Å². The Morgan fingerprint density at radius 3 is 3.00 bits per heavy atom. The van der Waals surface area contributed by atoms with Gasteiger partial charge in [-0.05, 0) is 38.3 Å². The van der Waals surface area contributed by atoms with Crippen molar-refractivity contribution in [2.24, 2.45) is 0 Å². The standard InChI is InChI=1S/C13H21NO3/c1-13(5-3-6-13)14-8-11(15)9-16-10-12-4-2-7-17-12/h2,4,7,11,14-15H,3,5-6,8-10H2,1H3. The molecule has 0 amide bonds. The highest BCUT2D eigenvalue weighted by molar-refractivity contribution is 4.96. The first-order valence-electron chi connectivity index (χ1n) is 6.21. The maximum Gasteiger partial charge on any atom is 0.129 e. The van der Waals surface area contributed by atoms with Crippen molar-refractivity contribution >= 4 is 0 Å². The van der Waals surface area contributed by atoms with Crippen LogP contribution in [0, 0.1) is 0 Å². The first-order valence-corrected chi connectivity index (χ1v) is 6.21. The van der Waals surface area contributed by atoms with E-state index in [2.05, 4.69) is 12.2 Å². The average molecular weight is 239 g/mol. The number of hydrogen-bond donors (Lipinski definition) is 2. The molecule has 1 aromatic heterocycles. The molecule has 1 fully saturated rings. The highest BCUT2D eigenvalue weighted by Crippen LogP contribution is 2.30. The fraction of sp³-hybridized carbons (Fsp3) is 0.692. The van der Waals surface area contributed by atoms with E-state index in [4.69, 9.17) is 9.15 Å². The minimum absolute atomic E-state index is 0.238. The summed E-state index contributed by atoms with van der Waals surface area (Å²) in [5.74, 6) is 0.788. The summed E-state index contributed by atoms with van der Waals surface area (Å²) >= 11 is 0. The van der Waals surface area contributed by atoms with Crippen LogP contribution >= 0.6 is 0 Å². The van der Waals surface area contributed by atoms with Gasteiger partial charge in [-0.2, -0.15) is 0 Å². The van der Waals surface area contributed by atoms with Crippen LogP contribution in [0.15, 0.2) is 22.8 Å². The molecule has 1 aliphatic rings. The Morgan fingerprint density at radius 1 is 1.59 bits per heavy atom. The summed E-state index contributed by atoms with van der Waals surface area (Å²) in [7, 11) is 0. The molecule has 1 aromatic rings. The first-order chi connectivity index (χ1) is 8.18. The van der Waals surface area contributed by atoms with Gasteiger partial charge in [-0.25, -0.2) is 0 Å². The third-order valence-corrected chi connectivity index (χ3v) is 3.36. The molecular weight excluding hydrogens is 218 g/mol. The largest absolute Gasteiger partial charge is 0.467 e. The second-order valence-electron chi connectivity index (χ2n) is 5.04. The van der Waals surface area contributed by atoms with Gasteiger partial charge in [0.05, 0.1) is 19.0 Å². The summed E-state index contributed by atoms with van der Waals surface area (Å²) in [5, 5.41) is 13.1. The Kier molecular flexibility index (Phi) is 4.20. The fourth-order valence-electron chi connectivity index (χ4n) is 2.00. The highest BCUT2D eigenvalue weighted by atomic mass is 16.5. The number of furan rings is 1. The van der Waals surface area contributed by atoms with Crippen LogP contribution in [0.4, 0.5) is 0 Å². The fourth-order valence-corrected chi connectivity index (χ4v) is 2.00. The normalized spacial score (nSPS) is 19.9. The zero-order valence-corrected chi connectivity index (χ0v) is 10.3. The van der Waals surface area contributed by atoms with E-state index >= 15 is 0 Å². The molecular formula is C13H21NO3. The van der Waals surface area contributed by atoms with Crippen molar-refractivity contribution < 1.29 is 14.3 Å². The van der Waals surface area contributed by atoms with E-state index < -0.39 is 6.10 Å². The van der Waals surface area contributed by atoms with Gasteiger partial charge in [-0.15, -0.1) is 0 Å². The molecule has 96 valence electrons. The number of hydrogen-bond acceptors (Lipinski definition) is 4. The first kappa shape index (κ1) is 12.6. The van der Waals surface area contributed by atoms with E-state index in [1.165, 1.54) is 19.3 Å². The van der Waals surface area contributed by atoms with Crippen molar-refractivity contribution in [3.05, 3.63) is 24.2 Å². The third-order valence-electron chi connectivity index (χ3n) is 3.36. The topological polar surface area (TPSA) is 54.6 Å². The maximum absolute atomic E-state index is 9.74. The molecule has 0 spiro atoms. The molecule has 2 N–H and O–H groups in total. The van der Waals surface area contributed by atoms with Crippen LogP contribution in [0.5, 0.6) is 0 Å². The van der Waals surface area contributed by atoms with Crippen LogP contribution in [-0.4, -0.2) is 29.9 Å². The third kappa shape index (κ3) is 3.84.